The van der Waals surface area contributed by atoms with E-state index in [1.165, 1.54) is 16.9 Å². The van der Waals surface area contributed by atoms with Crippen molar-refractivity contribution < 1.29 is 4.79 Å². The van der Waals surface area contributed by atoms with Crippen molar-refractivity contribution in [3.63, 3.8) is 0 Å². The fraction of sp³-hybridized carbons (Fsp3) is 0.200. The van der Waals surface area contributed by atoms with E-state index < -0.39 is 0 Å². The molecule has 2 aromatic carbocycles. The molecule has 1 aliphatic heterocycles. The minimum Gasteiger partial charge on any atom is -0.353 e. The summed E-state index contributed by atoms with van der Waals surface area (Å²) in [5.74, 6) is 0.0260. The number of nitrogens with zero attached hydrogens (tertiary/aromatic N) is 3. The molecule has 4 aromatic rings. The fourth-order valence-corrected chi connectivity index (χ4v) is 4.65. The molecule has 156 valence electrons. The lowest BCUT2D eigenvalue weighted by Gasteiger charge is -2.33. The number of hydrogen-bond donors (Lipinski definition) is 1. The second-order valence-electron chi connectivity index (χ2n) is 7.71. The van der Waals surface area contributed by atoms with Crippen LogP contribution in [0.2, 0.25) is 0 Å². The summed E-state index contributed by atoms with van der Waals surface area (Å²) >= 11 is 1.51. The molecule has 0 aliphatic carbocycles. The summed E-state index contributed by atoms with van der Waals surface area (Å²) in [6.45, 7) is 4.13. The van der Waals surface area contributed by atoms with Crippen LogP contribution in [0.4, 0.5) is 0 Å². The van der Waals surface area contributed by atoms with Gasteiger partial charge in [-0.3, -0.25) is 9.69 Å². The molecule has 0 spiro atoms. The van der Waals surface area contributed by atoms with Crippen molar-refractivity contribution in [1.82, 2.24) is 19.8 Å². The largest absolute Gasteiger partial charge is 0.353 e. The number of hydrogen-bond acceptors (Lipinski definition) is 4. The summed E-state index contributed by atoms with van der Waals surface area (Å²) in [4.78, 5) is 25.3. The Labute approximate surface area is 185 Å². The highest BCUT2D eigenvalue weighted by Gasteiger charge is 2.23. The van der Waals surface area contributed by atoms with E-state index in [1.54, 1.807) is 0 Å². The minimum atomic E-state index is 0.0260. The number of aromatic amines is 1. The predicted octanol–water partition coefficient (Wildman–Crippen LogP) is 4.76. The van der Waals surface area contributed by atoms with E-state index >= 15 is 0 Å². The molecule has 6 heteroatoms. The Balaban J connectivity index is 1.18. The molecule has 0 atom stereocenters. The molecule has 5 rings (SSSR count). The Bertz CT molecular complexity index is 1170. The molecule has 0 bridgehead atoms. The first-order valence-corrected chi connectivity index (χ1v) is 11.4. The molecule has 2 aromatic heterocycles. The van der Waals surface area contributed by atoms with Gasteiger partial charge in [-0.25, -0.2) is 4.98 Å². The molecule has 1 N–H and O–H groups in total. The number of carbonyl (C=O) groups excluding carboxylic acids is 1. The molecule has 0 radical (unpaired) electrons. The van der Waals surface area contributed by atoms with Crippen molar-refractivity contribution in [3.8, 4) is 10.7 Å². The quantitative estimate of drug-likeness (QED) is 0.499. The lowest BCUT2D eigenvalue weighted by Crippen LogP contribution is -2.48. The highest BCUT2D eigenvalue weighted by Crippen LogP contribution is 2.27. The fourth-order valence-electron chi connectivity index (χ4n) is 3.88. The summed E-state index contributed by atoms with van der Waals surface area (Å²) in [7, 11) is 0. The second-order valence-corrected chi connectivity index (χ2v) is 8.57. The van der Waals surface area contributed by atoms with Crippen LogP contribution in [0.1, 0.15) is 16.1 Å². The zero-order valence-corrected chi connectivity index (χ0v) is 18.0. The Kier molecular flexibility index (Phi) is 5.65. The number of piperazine rings is 1. The maximum atomic E-state index is 12.9. The summed E-state index contributed by atoms with van der Waals surface area (Å²) < 4.78 is 0. The Morgan fingerprint density at radius 3 is 2.61 bits per heavy atom. The van der Waals surface area contributed by atoms with Gasteiger partial charge in [-0.2, -0.15) is 0 Å². The van der Waals surface area contributed by atoms with E-state index in [2.05, 4.69) is 51.3 Å². The third-order valence-corrected chi connectivity index (χ3v) is 6.49. The van der Waals surface area contributed by atoms with Crippen LogP contribution in [0.15, 0.2) is 72.1 Å². The summed E-state index contributed by atoms with van der Waals surface area (Å²) in [6, 6.07) is 20.6. The van der Waals surface area contributed by atoms with Gasteiger partial charge in [0, 0.05) is 49.0 Å². The SMILES string of the molecule is O=C(c1csc(-c2cc3ccccc3[nH]2)n1)N1CCN(C/C=C/c2ccccc2)CC1. The van der Waals surface area contributed by atoms with Gasteiger partial charge < -0.3 is 9.88 Å². The monoisotopic (exact) mass is 428 g/mol. The number of amides is 1. The van der Waals surface area contributed by atoms with Gasteiger partial charge in [0.15, 0.2) is 0 Å². The van der Waals surface area contributed by atoms with Gasteiger partial charge in [0.2, 0.25) is 0 Å². The van der Waals surface area contributed by atoms with Crippen LogP contribution in [-0.4, -0.2) is 58.4 Å². The molecule has 1 fully saturated rings. The topological polar surface area (TPSA) is 52.2 Å². The smallest absolute Gasteiger partial charge is 0.273 e. The Morgan fingerprint density at radius 2 is 1.81 bits per heavy atom. The van der Waals surface area contributed by atoms with E-state index in [0.29, 0.717) is 5.69 Å². The predicted molar refractivity (Wildman–Crippen MR) is 127 cm³/mol. The van der Waals surface area contributed by atoms with Gasteiger partial charge in [-0.1, -0.05) is 60.7 Å². The number of thiazole rings is 1. The van der Waals surface area contributed by atoms with Crippen LogP contribution >= 0.6 is 11.3 Å². The lowest BCUT2D eigenvalue weighted by molar-refractivity contribution is 0.0645. The normalized spacial score (nSPS) is 15.2. The summed E-state index contributed by atoms with van der Waals surface area (Å²) in [5.41, 5.74) is 3.79. The van der Waals surface area contributed by atoms with Gasteiger partial charge in [-0.15, -0.1) is 11.3 Å². The average molecular weight is 429 g/mol. The lowest BCUT2D eigenvalue weighted by atomic mass is 10.2. The van der Waals surface area contributed by atoms with Gasteiger partial charge >= 0.3 is 0 Å². The van der Waals surface area contributed by atoms with Crippen LogP contribution in [0.25, 0.3) is 27.7 Å². The Morgan fingerprint density at radius 1 is 1.03 bits per heavy atom. The summed E-state index contributed by atoms with van der Waals surface area (Å²) in [5, 5.41) is 3.88. The van der Waals surface area contributed by atoms with E-state index in [9.17, 15) is 4.79 Å². The third kappa shape index (κ3) is 4.45. The third-order valence-electron chi connectivity index (χ3n) is 5.62. The highest BCUT2D eigenvalue weighted by molar-refractivity contribution is 7.13. The van der Waals surface area contributed by atoms with Crippen molar-refractivity contribution in [2.75, 3.05) is 32.7 Å². The second kappa shape index (κ2) is 8.88. The van der Waals surface area contributed by atoms with Gasteiger partial charge in [0.05, 0.1) is 5.69 Å². The van der Waals surface area contributed by atoms with Crippen molar-refractivity contribution in [3.05, 3.63) is 83.4 Å². The van der Waals surface area contributed by atoms with E-state index in [4.69, 9.17) is 0 Å². The van der Waals surface area contributed by atoms with Crippen molar-refractivity contribution in [2.45, 2.75) is 0 Å². The molecule has 3 heterocycles. The molecular weight excluding hydrogens is 404 g/mol. The molecule has 0 unspecified atom stereocenters. The van der Waals surface area contributed by atoms with Gasteiger partial charge in [0.25, 0.3) is 5.91 Å². The minimum absolute atomic E-state index is 0.0260. The maximum Gasteiger partial charge on any atom is 0.273 e. The van der Waals surface area contributed by atoms with Gasteiger partial charge in [-0.05, 0) is 17.7 Å². The number of aromatic nitrogens is 2. The summed E-state index contributed by atoms with van der Waals surface area (Å²) in [6.07, 6.45) is 4.35. The number of fused-ring (bicyclic) bond motifs is 1. The van der Waals surface area contributed by atoms with Crippen LogP contribution in [-0.2, 0) is 0 Å². The van der Waals surface area contributed by atoms with Crippen molar-refractivity contribution in [1.29, 1.82) is 0 Å². The molecule has 5 nitrogen and oxygen atoms in total. The standard InChI is InChI=1S/C25H24N4OS/c30-25(23-18-31-24(27-23)22-17-20-10-4-5-11-21(20)26-22)29-15-13-28(14-16-29)12-6-9-19-7-2-1-3-8-19/h1-11,17-18,26H,12-16H2/b9-6+. The van der Waals surface area contributed by atoms with Crippen LogP contribution < -0.4 is 0 Å². The van der Waals surface area contributed by atoms with Crippen molar-refractivity contribution in [2.24, 2.45) is 0 Å². The van der Waals surface area contributed by atoms with Gasteiger partial charge in [0.1, 0.15) is 10.7 Å². The molecule has 1 amide bonds. The zero-order valence-electron chi connectivity index (χ0n) is 17.2. The molecule has 0 saturated carbocycles. The molecule has 1 saturated heterocycles. The average Bonchev–Trinajstić information content (AvgIpc) is 3.47. The number of benzene rings is 2. The number of H-pyrrole nitrogens is 1. The zero-order chi connectivity index (χ0) is 21.0. The maximum absolute atomic E-state index is 12.9. The molecular formula is C25H24N4OS. The molecule has 31 heavy (non-hydrogen) atoms. The first-order chi connectivity index (χ1) is 15.3. The van der Waals surface area contributed by atoms with Crippen LogP contribution in [0, 0.1) is 0 Å². The highest BCUT2D eigenvalue weighted by atomic mass is 32.1. The van der Waals surface area contributed by atoms with Crippen molar-refractivity contribution >= 4 is 34.2 Å². The van der Waals surface area contributed by atoms with E-state index in [-0.39, 0.29) is 5.91 Å². The van der Waals surface area contributed by atoms with E-state index in [0.717, 1.165) is 54.3 Å². The van der Waals surface area contributed by atoms with E-state index in [1.807, 2.05) is 46.7 Å². The first kappa shape index (κ1) is 19.7. The first-order valence-electron chi connectivity index (χ1n) is 10.5. The Hall–Kier alpha value is -3.22. The van der Waals surface area contributed by atoms with Crippen LogP contribution in [0.3, 0.4) is 0 Å². The van der Waals surface area contributed by atoms with Crippen LogP contribution in [0.5, 0.6) is 0 Å². The number of nitrogens with one attached hydrogen (secondary N) is 1. The number of carbonyl (C=O) groups is 1. The molecule has 1 aliphatic rings. The number of para-hydroxylation sites is 1. The number of rotatable bonds is 5.